The summed E-state index contributed by atoms with van der Waals surface area (Å²) < 4.78 is 1.96. The fourth-order valence-electron chi connectivity index (χ4n) is 1.73. The van der Waals surface area contributed by atoms with Gasteiger partial charge in [0.2, 0.25) is 0 Å². The fraction of sp³-hybridized carbons (Fsp3) is 0.286. The van der Waals surface area contributed by atoms with Crippen molar-refractivity contribution in [3.63, 3.8) is 0 Å². The Kier molecular flexibility index (Phi) is 5.37. The second-order valence-corrected chi connectivity index (χ2v) is 6.05. The normalized spacial score (nSPS) is 10.4. The second kappa shape index (κ2) is 7.04. The third-order valence-corrected chi connectivity index (χ3v) is 4.15. The standard InChI is InChI=1S/C14H16Br2N4/c1-3-7-17-13-9(2)14(19-8-18-13)20-12-10(15)5-4-6-11(12)16/h4-6,8H,3,7H2,1-2H3,(H2,17,18,19,20). The number of hydrogen-bond acceptors (Lipinski definition) is 4. The first-order valence-electron chi connectivity index (χ1n) is 6.40. The highest BCUT2D eigenvalue weighted by molar-refractivity contribution is 9.11. The molecule has 0 fully saturated rings. The maximum Gasteiger partial charge on any atom is 0.138 e. The van der Waals surface area contributed by atoms with Crippen LogP contribution in [0, 0.1) is 6.92 Å². The van der Waals surface area contributed by atoms with Crippen molar-refractivity contribution in [1.82, 2.24) is 9.97 Å². The minimum Gasteiger partial charge on any atom is -0.370 e. The van der Waals surface area contributed by atoms with Crippen LogP contribution >= 0.6 is 31.9 Å². The van der Waals surface area contributed by atoms with Gasteiger partial charge in [-0.05, 0) is 57.3 Å². The van der Waals surface area contributed by atoms with E-state index in [4.69, 9.17) is 0 Å². The van der Waals surface area contributed by atoms with E-state index in [9.17, 15) is 0 Å². The molecule has 0 aliphatic heterocycles. The Morgan fingerprint density at radius 1 is 1.10 bits per heavy atom. The largest absolute Gasteiger partial charge is 0.370 e. The summed E-state index contributed by atoms with van der Waals surface area (Å²) in [6.45, 7) is 5.03. The van der Waals surface area contributed by atoms with Gasteiger partial charge in [-0.3, -0.25) is 0 Å². The van der Waals surface area contributed by atoms with E-state index in [0.717, 1.165) is 44.8 Å². The second-order valence-electron chi connectivity index (χ2n) is 4.34. The molecule has 106 valence electrons. The van der Waals surface area contributed by atoms with Crippen LogP contribution in [0.15, 0.2) is 33.5 Å². The molecule has 0 aliphatic carbocycles. The molecule has 6 heteroatoms. The third-order valence-electron chi connectivity index (χ3n) is 2.83. The molecule has 2 aromatic rings. The number of para-hydroxylation sites is 1. The van der Waals surface area contributed by atoms with E-state index in [2.05, 4.69) is 59.4 Å². The number of aromatic nitrogens is 2. The van der Waals surface area contributed by atoms with Gasteiger partial charge in [0, 0.05) is 21.1 Å². The molecule has 0 saturated carbocycles. The minimum absolute atomic E-state index is 0.797. The summed E-state index contributed by atoms with van der Waals surface area (Å²) in [5.41, 5.74) is 1.96. The van der Waals surface area contributed by atoms with E-state index >= 15 is 0 Å². The van der Waals surface area contributed by atoms with E-state index in [-0.39, 0.29) is 0 Å². The number of anilines is 3. The SMILES string of the molecule is CCCNc1ncnc(Nc2c(Br)cccc2Br)c1C. The molecule has 0 unspecified atom stereocenters. The molecule has 0 atom stereocenters. The van der Waals surface area contributed by atoms with Gasteiger partial charge in [0.25, 0.3) is 0 Å². The van der Waals surface area contributed by atoms with Crippen LogP contribution in [0.5, 0.6) is 0 Å². The maximum absolute atomic E-state index is 4.32. The average Bonchev–Trinajstić information content (AvgIpc) is 2.43. The van der Waals surface area contributed by atoms with Crippen LogP contribution in [0.2, 0.25) is 0 Å². The van der Waals surface area contributed by atoms with Crippen LogP contribution in [0.1, 0.15) is 18.9 Å². The van der Waals surface area contributed by atoms with Gasteiger partial charge in [0.15, 0.2) is 0 Å². The molecule has 0 radical (unpaired) electrons. The predicted octanol–water partition coefficient (Wildman–Crippen LogP) is 4.88. The lowest BCUT2D eigenvalue weighted by atomic mass is 10.2. The Morgan fingerprint density at radius 3 is 2.40 bits per heavy atom. The molecule has 20 heavy (non-hydrogen) atoms. The molecule has 1 aromatic carbocycles. The minimum atomic E-state index is 0.797. The fourth-order valence-corrected chi connectivity index (χ4v) is 2.93. The van der Waals surface area contributed by atoms with Crippen molar-refractivity contribution in [3.8, 4) is 0 Å². The zero-order valence-electron chi connectivity index (χ0n) is 11.4. The first kappa shape index (κ1) is 15.3. The van der Waals surface area contributed by atoms with Crippen LogP contribution in [0.3, 0.4) is 0 Å². The van der Waals surface area contributed by atoms with E-state index in [1.807, 2.05) is 25.1 Å². The Bertz CT molecular complexity index is 581. The first-order valence-corrected chi connectivity index (χ1v) is 7.98. The molecular weight excluding hydrogens is 384 g/mol. The summed E-state index contributed by atoms with van der Waals surface area (Å²) in [4.78, 5) is 8.60. The molecule has 1 heterocycles. The maximum atomic E-state index is 4.32. The van der Waals surface area contributed by atoms with Crippen molar-refractivity contribution in [2.24, 2.45) is 0 Å². The highest BCUT2D eigenvalue weighted by Gasteiger charge is 2.10. The van der Waals surface area contributed by atoms with Gasteiger partial charge in [0.1, 0.15) is 18.0 Å². The van der Waals surface area contributed by atoms with Crippen LogP contribution in [0.4, 0.5) is 17.3 Å². The smallest absolute Gasteiger partial charge is 0.138 e. The molecule has 0 saturated heterocycles. The van der Waals surface area contributed by atoms with Crippen LogP contribution in [-0.2, 0) is 0 Å². The monoisotopic (exact) mass is 398 g/mol. The first-order chi connectivity index (χ1) is 9.63. The lowest BCUT2D eigenvalue weighted by Gasteiger charge is -2.14. The summed E-state index contributed by atoms with van der Waals surface area (Å²) in [6.07, 6.45) is 2.63. The topological polar surface area (TPSA) is 49.8 Å². The third kappa shape index (κ3) is 3.49. The van der Waals surface area contributed by atoms with Crippen LogP contribution in [0.25, 0.3) is 0 Å². The van der Waals surface area contributed by atoms with Crippen molar-refractivity contribution in [2.75, 3.05) is 17.2 Å². The number of hydrogen-bond donors (Lipinski definition) is 2. The summed E-state index contributed by atoms with van der Waals surface area (Å²) in [7, 11) is 0. The Balaban J connectivity index is 2.30. The Labute approximate surface area is 135 Å². The molecule has 2 rings (SSSR count). The summed E-state index contributed by atoms with van der Waals surface area (Å²) in [5, 5.41) is 6.64. The van der Waals surface area contributed by atoms with Gasteiger partial charge < -0.3 is 10.6 Å². The zero-order valence-corrected chi connectivity index (χ0v) is 14.5. The zero-order chi connectivity index (χ0) is 14.5. The van der Waals surface area contributed by atoms with Crippen molar-refractivity contribution in [2.45, 2.75) is 20.3 Å². The molecule has 2 N–H and O–H groups in total. The number of benzene rings is 1. The molecule has 0 bridgehead atoms. The van der Waals surface area contributed by atoms with Gasteiger partial charge in [-0.15, -0.1) is 0 Å². The highest BCUT2D eigenvalue weighted by Crippen LogP contribution is 2.33. The Hall–Kier alpha value is -1.14. The number of nitrogens with one attached hydrogen (secondary N) is 2. The van der Waals surface area contributed by atoms with E-state index in [1.165, 1.54) is 0 Å². The lowest BCUT2D eigenvalue weighted by Crippen LogP contribution is -2.07. The van der Waals surface area contributed by atoms with Gasteiger partial charge in [0.05, 0.1) is 5.69 Å². The molecular formula is C14H16Br2N4. The number of nitrogens with zero attached hydrogens (tertiary/aromatic N) is 2. The summed E-state index contributed by atoms with van der Waals surface area (Å²) >= 11 is 7.08. The molecule has 0 spiro atoms. The van der Waals surface area contributed by atoms with Crippen LogP contribution in [-0.4, -0.2) is 16.5 Å². The molecule has 4 nitrogen and oxygen atoms in total. The lowest BCUT2D eigenvalue weighted by molar-refractivity contribution is 0.960. The molecule has 0 amide bonds. The Morgan fingerprint density at radius 2 is 1.75 bits per heavy atom. The van der Waals surface area contributed by atoms with E-state index < -0.39 is 0 Å². The average molecular weight is 400 g/mol. The molecule has 0 aliphatic rings. The van der Waals surface area contributed by atoms with Crippen molar-refractivity contribution in [1.29, 1.82) is 0 Å². The summed E-state index contributed by atoms with van der Waals surface area (Å²) in [6, 6.07) is 5.94. The van der Waals surface area contributed by atoms with Crippen LogP contribution < -0.4 is 10.6 Å². The van der Waals surface area contributed by atoms with E-state index in [1.54, 1.807) is 6.33 Å². The van der Waals surface area contributed by atoms with Gasteiger partial charge in [-0.1, -0.05) is 13.0 Å². The predicted molar refractivity (Wildman–Crippen MR) is 90.7 cm³/mol. The van der Waals surface area contributed by atoms with Crippen molar-refractivity contribution in [3.05, 3.63) is 39.0 Å². The number of halogens is 2. The van der Waals surface area contributed by atoms with Gasteiger partial charge in [-0.2, -0.15) is 0 Å². The van der Waals surface area contributed by atoms with Gasteiger partial charge >= 0.3 is 0 Å². The number of rotatable bonds is 5. The quantitative estimate of drug-likeness (QED) is 0.752. The van der Waals surface area contributed by atoms with E-state index in [0.29, 0.717) is 0 Å². The van der Waals surface area contributed by atoms with Crippen molar-refractivity contribution < 1.29 is 0 Å². The molecule has 1 aromatic heterocycles. The highest BCUT2D eigenvalue weighted by atomic mass is 79.9. The summed E-state index contributed by atoms with van der Waals surface area (Å²) in [5.74, 6) is 1.67. The van der Waals surface area contributed by atoms with Gasteiger partial charge in [-0.25, -0.2) is 9.97 Å². The van der Waals surface area contributed by atoms with Crippen molar-refractivity contribution >= 4 is 49.2 Å².